The summed E-state index contributed by atoms with van der Waals surface area (Å²) in [5, 5.41) is 0. The monoisotopic (exact) mass is 294 g/mol. The quantitative estimate of drug-likeness (QED) is 0.689. The van der Waals surface area contributed by atoms with Gasteiger partial charge in [-0.15, -0.1) is 0 Å². The van der Waals surface area contributed by atoms with Crippen LogP contribution in [0.3, 0.4) is 0 Å². The van der Waals surface area contributed by atoms with Crippen molar-refractivity contribution in [2.24, 2.45) is 0 Å². The minimum Gasteiger partial charge on any atom is -0.284 e. The van der Waals surface area contributed by atoms with Crippen molar-refractivity contribution >= 4 is 5.78 Å². The lowest BCUT2D eigenvalue weighted by molar-refractivity contribution is -0.0884. The molecule has 0 spiro atoms. The number of Topliss-reactive ketones (excluding diaryl/α,β-unsaturated/α-hetero) is 1. The van der Waals surface area contributed by atoms with Crippen LogP contribution in [0.2, 0.25) is 0 Å². The van der Waals surface area contributed by atoms with Gasteiger partial charge in [0.25, 0.3) is 5.78 Å². The fraction of sp³-hybridized carbons (Fsp3) is 0.353. The SMILES string of the molecule is Cc1cc(C(=O)C(F)(F)F)c2c(C)ccc(C(C)C)cc1-2. The first-order valence-corrected chi connectivity index (χ1v) is 6.78. The summed E-state index contributed by atoms with van der Waals surface area (Å²) in [7, 11) is 0. The van der Waals surface area contributed by atoms with Crippen LogP contribution >= 0.6 is 0 Å². The molecule has 0 aromatic carbocycles. The Morgan fingerprint density at radius 2 is 1.67 bits per heavy atom. The van der Waals surface area contributed by atoms with E-state index in [2.05, 4.69) is 0 Å². The van der Waals surface area contributed by atoms with E-state index in [-0.39, 0.29) is 11.5 Å². The van der Waals surface area contributed by atoms with E-state index in [1.807, 2.05) is 26.0 Å². The highest BCUT2D eigenvalue weighted by molar-refractivity contribution is 6.08. The van der Waals surface area contributed by atoms with Gasteiger partial charge in [-0.05, 0) is 53.6 Å². The molecule has 0 aliphatic heterocycles. The molecule has 2 aliphatic rings. The number of halogens is 3. The molecule has 0 atom stereocenters. The zero-order valence-corrected chi connectivity index (χ0v) is 12.4. The number of alkyl halides is 3. The van der Waals surface area contributed by atoms with Crippen LogP contribution in [0.5, 0.6) is 0 Å². The zero-order valence-electron chi connectivity index (χ0n) is 12.4. The number of rotatable bonds is 2. The summed E-state index contributed by atoms with van der Waals surface area (Å²) < 4.78 is 38.3. The van der Waals surface area contributed by atoms with Crippen LogP contribution in [-0.4, -0.2) is 12.0 Å². The predicted molar refractivity (Wildman–Crippen MR) is 77.0 cm³/mol. The van der Waals surface area contributed by atoms with Crippen molar-refractivity contribution in [1.29, 1.82) is 0 Å². The van der Waals surface area contributed by atoms with E-state index >= 15 is 0 Å². The molecule has 0 heterocycles. The van der Waals surface area contributed by atoms with Gasteiger partial charge in [-0.2, -0.15) is 13.2 Å². The van der Waals surface area contributed by atoms with Crippen molar-refractivity contribution in [2.45, 2.75) is 39.8 Å². The summed E-state index contributed by atoms with van der Waals surface area (Å²) in [5.74, 6) is -1.52. The summed E-state index contributed by atoms with van der Waals surface area (Å²) in [5.41, 5.74) is 3.28. The molecule has 112 valence electrons. The predicted octanol–water partition coefficient (Wildman–Crippen LogP) is 5.28. The summed E-state index contributed by atoms with van der Waals surface area (Å²) in [6, 6.07) is 6.92. The van der Waals surface area contributed by atoms with Crippen molar-refractivity contribution in [3.63, 3.8) is 0 Å². The van der Waals surface area contributed by atoms with Gasteiger partial charge >= 0.3 is 6.18 Å². The van der Waals surface area contributed by atoms with Crippen LogP contribution in [0.15, 0.2) is 24.3 Å². The molecule has 0 aromatic heterocycles. The van der Waals surface area contributed by atoms with Crippen molar-refractivity contribution in [3.8, 4) is 11.1 Å². The first kappa shape index (κ1) is 15.5. The van der Waals surface area contributed by atoms with Crippen LogP contribution in [0.25, 0.3) is 11.1 Å². The highest BCUT2D eigenvalue weighted by atomic mass is 19.4. The molecule has 0 unspecified atom stereocenters. The van der Waals surface area contributed by atoms with Crippen LogP contribution in [0.1, 0.15) is 46.8 Å². The van der Waals surface area contributed by atoms with Crippen molar-refractivity contribution in [2.75, 3.05) is 0 Å². The van der Waals surface area contributed by atoms with Crippen molar-refractivity contribution in [1.82, 2.24) is 0 Å². The topological polar surface area (TPSA) is 17.1 Å². The molecular formula is C17H17F3O. The van der Waals surface area contributed by atoms with Gasteiger partial charge in [0.2, 0.25) is 0 Å². The number of hydrogen-bond donors (Lipinski definition) is 0. The Morgan fingerprint density at radius 3 is 2.19 bits per heavy atom. The highest BCUT2D eigenvalue weighted by Crippen LogP contribution is 2.38. The third-order valence-corrected chi connectivity index (χ3v) is 3.72. The summed E-state index contributed by atoms with van der Waals surface area (Å²) >= 11 is 0. The van der Waals surface area contributed by atoms with E-state index in [1.54, 1.807) is 19.9 Å². The Labute approximate surface area is 122 Å². The summed E-state index contributed by atoms with van der Waals surface area (Å²) in [4.78, 5) is 11.6. The Balaban J connectivity index is 2.74. The van der Waals surface area contributed by atoms with Gasteiger partial charge in [-0.1, -0.05) is 32.0 Å². The molecular weight excluding hydrogens is 277 g/mol. The third-order valence-electron chi connectivity index (χ3n) is 3.72. The van der Waals surface area contributed by atoms with E-state index in [0.717, 1.165) is 5.56 Å². The summed E-state index contributed by atoms with van der Waals surface area (Å²) in [6.07, 6.45) is -4.85. The fourth-order valence-electron chi connectivity index (χ4n) is 2.53. The largest absolute Gasteiger partial charge is 0.454 e. The molecule has 0 saturated heterocycles. The van der Waals surface area contributed by atoms with Crippen LogP contribution in [0.4, 0.5) is 13.2 Å². The maximum absolute atomic E-state index is 12.8. The van der Waals surface area contributed by atoms with Gasteiger partial charge in [0.15, 0.2) is 0 Å². The second-order valence-electron chi connectivity index (χ2n) is 5.67. The number of fused-ring (bicyclic) bond motifs is 1. The Hall–Kier alpha value is -1.84. The molecule has 21 heavy (non-hydrogen) atoms. The molecule has 0 radical (unpaired) electrons. The van der Waals surface area contributed by atoms with Gasteiger partial charge in [0.05, 0.1) is 0 Å². The van der Waals surface area contributed by atoms with Gasteiger partial charge in [0.1, 0.15) is 0 Å². The Bertz CT molecular complexity index is 669. The Morgan fingerprint density at radius 1 is 1.05 bits per heavy atom. The smallest absolute Gasteiger partial charge is 0.284 e. The third kappa shape index (κ3) is 2.80. The van der Waals surface area contributed by atoms with E-state index < -0.39 is 12.0 Å². The lowest BCUT2D eigenvalue weighted by Crippen LogP contribution is -2.22. The molecule has 0 bridgehead atoms. The molecule has 2 aliphatic carbocycles. The minimum atomic E-state index is -4.85. The Kier molecular flexibility index (Phi) is 3.83. The van der Waals surface area contributed by atoms with Gasteiger partial charge in [-0.25, -0.2) is 0 Å². The van der Waals surface area contributed by atoms with E-state index in [9.17, 15) is 18.0 Å². The van der Waals surface area contributed by atoms with Gasteiger partial charge < -0.3 is 0 Å². The summed E-state index contributed by atoms with van der Waals surface area (Å²) in [6.45, 7) is 7.52. The van der Waals surface area contributed by atoms with E-state index in [0.29, 0.717) is 22.3 Å². The van der Waals surface area contributed by atoms with Gasteiger partial charge in [0, 0.05) is 5.56 Å². The number of hydrogen-bond acceptors (Lipinski definition) is 1. The average molecular weight is 294 g/mol. The zero-order chi connectivity index (χ0) is 15.9. The molecule has 2 rings (SSSR count). The number of carbonyl (C=O) groups is 1. The molecule has 0 amide bonds. The van der Waals surface area contributed by atoms with E-state index in [1.165, 1.54) is 6.07 Å². The lowest BCUT2D eigenvalue weighted by atomic mass is 9.99. The number of ketones is 1. The first-order valence-electron chi connectivity index (χ1n) is 6.78. The molecule has 1 nitrogen and oxygen atoms in total. The molecule has 0 fully saturated rings. The van der Waals surface area contributed by atoms with Crippen molar-refractivity contribution in [3.05, 3.63) is 46.5 Å². The molecule has 0 aromatic rings. The van der Waals surface area contributed by atoms with Crippen molar-refractivity contribution < 1.29 is 18.0 Å². The fourth-order valence-corrected chi connectivity index (χ4v) is 2.53. The lowest BCUT2D eigenvalue weighted by Gasteiger charge is -2.07. The number of carbonyl (C=O) groups excluding carboxylic acids is 1. The average Bonchev–Trinajstić information content (AvgIpc) is 2.56. The van der Waals surface area contributed by atoms with Crippen LogP contribution in [-0.2, 0) is 0 Å². The standard InChI is InChI=1S/C17H17F3O/c1-9(2)12-6-5-10(3)15-13(8-12)11(4)7-14(15)16(21)17(18,19)20/h5-9H,1-4H3. The van der Waals surface area contributed by atoms with Crippen LogP contribution < -0.4 is 0 Å². The molecule has 0 N–H and O–H groups in total. The van der Waals surface area contributed by atoms with Gasteiger partial charge in [-0.3, -0.25) is 4.79 Å². The van der Waals surface area contributed by atoms with E-state index in [4.69, 9.17) is 0 Å². The maximum Gasteiger partial charge on any atom is 0.454 e. The highest BCUT2D eigenvalue weighted by Gasteiger charge is 2.41. The number of aryl methyl sites for hydroxylation is 2. The minimum absolute atomic E-state index is 0.251. The molecule has 4 heteroatoms. The first-order chi connectivity index (χ1) is 9.62. The maximum atomic E-state index is 12.8. The molecule has 0 saturated carbocycles. The van der Waals surface area contributed by atoms with Crippen LogP contribution in [0, 0.1) is 13.8 Å². The normalized spacial score (nSPS) is 12.2. The second-order valence-corrected chi connectivity index (χ2v) is 5.67. The second kappa shape index (κ2) is 5.17.